The molecule has 1 N–H and O–H groups in total. The molecule has 0 saturated heterocycles. The van der Waals surface area contributed by atoms with Gasteiger partial charge in [-0.15, -0.1) is 0 Å². The van der Waals surface area contributed by atoms with Gasteiger partial charge >= 0.3 is 0 Å². The molecule has 1 atom stereocenters. The number of rotatable bonds is 6. The standard InChI is InChI=1S/C25H24BrFN2O/c1-15-7-8-28-23(9-15)24(18-3-4-18)29-25(30)20-12-17(14-26)11-19(13-20)22-6-5-21(27)10-16(22)2/h5-13,18,24H,3-4,14H2,1-2H3,(H,29,30). The minimum Gasteiger partial charge on any atom is -0.343 e. The Bertz CT molecular complexity index is 1090. The Kier molecular flexibility index (Phi) is 6.00. The van der Waals surface area contributed by atoms with Crippen LogP contribution in [0.3, 0.4) is 0 Å². The van der Waals surface area contributed by atoms with Crippen LogP contribution in [0.4, 0.5) is 4.39 Å². The van der Waals surface area contributed by atoms with Crippen LogP contribution >= 0.6 is 15.9 Å². The quantitative estimate of drug-likeness (QED) is 0.434. The van der Waals surface area contributed by atoms with Gasteiger partial charge in [0.1, 0.15) is 5.82 Å². The van der Waals surface area contributed by atoms with Gasteiger partial charge in [-0.3, -0.25) is 9.78 Å². The van der Waals surface area contributed by atoms with Crippen LogP contribution in [0.1, 0.15) is 51.6 Å². The lowest BCUT2D eigenvalue weighted by Crippen LogP contribution is -2.30. The molecule has 1 unspecified atom stereocenters. The predicted octanol–water partition coefficient (Wildman–Crippen LogP) is 6.28. The third-order valence-corrected chi connectivity index (χ3v) is 6.19. The van der Waals surface area contributed by atoms with Crippen molar-refractivity contribution in [2.24, 2.45) is 5.92 Å². The number of halogens is 2. The van der Waals surface area contributed by atoms with Gasteiger partial charge < -0.3 is 5.32 Å². The van der Waals surface area contributed by atoms with E-state index < -0.39 is 0 Å². The number of hydrogen-bond donors (Lipinski definition) is 1. The van der Waals surface area contributed by atoms with Crippen LogP contribution in [0.25, 0.3) is 11.1 Å². The van der Waals surface area contributed by atoms with Crippen molar-refractivity contribution < 1.29 is 9.18 Å². The fourth-order valence-electron chi connectivity index (χ4n) is 3.82. The number of carbonyl (C=O) groups excluding carboxylic acids is 1. The van der Waals surface area contributed by atoms with Crippen LogP contribution in [-0.4, -0.2) is 10.9 Å². The lowest BCUT2D eigenvalue weighted by atomic mass is 9.96. The summed E-state index contributed by atoms with van der Waals surface area (Å²) in [6.07, 6.45) is 4.00. The Morgan fingerprint density at radius 1 is 1.17 bits per heavy atom. The fraction of sp³-hybridized carbons (Fsp3) is 0.280. The lowest BCUT2D eigenvalue weighted by molar-refractivity contribution is 0.0930. The number of hydrogen-bond acceptors (Lipinski definition) is 2. The van der Waals surface area contributed by atoms with Crippen LogP contribution in [0.2, 0.25) is 0 Å². The zero-order chi connectivity index (χ0) is 21.3. The van der Waals surface area contributed by atoms with Crippen molar-refractivity contribution in [3.05, 3.63) is 88.5 Å². The molecule has 1 aliphatic rings. The second kappa shape index (κ2) is 8.68. The normalized spacial score (nSPS) is 14.4. The second-order valence-corrected chi connectivity index (χ2v) is 8.62. The van der Waals surface area contributed by atoms with Gasteiger partial charge in [0, 0.05) is 17.1 Å². The highest BCUT2D eigenvalue weighted by molar-refractivity contribution is 9.08. The number of nitrogens with zero attached hydrogens (tertiary/aromatic N) is 1. The fourth-order valence-corrected chi connectivity index (χ4v) is 4.15. The van der Waals surface area contributed by atoms with E-state index in [0.29, 0.717) is 16.8 Å². The number of alkyl halides is 1. The first-order valence-corrected chi connectivity index (χ1v) is 11.3. The smallest absolute Gasteiger partial charge is 0.251 e. The molecule has 1 saturated carbocycles. The highest BCUT2D eigenvalue weighted by Gasteiger charge is 2.34. The minimum atomic E-state index is -0.260. The summed E-state index contributed by atoms with van der Waals surface area (Å²) in [6, 6.07) is 14.5. The maximum absolute atomic E-state index is 13.6. The van der Waals surface area contributed by atoms with Crippen molar-refractivity contribution >= 4 is 21.8 Å². The average Bonchev–Trinajstić information content (AvgIpc) is 3.56. The van der Waals surface area contributed by atoms with Crippen LogP contribution in [0.5, 0.6) is 0 Å². The van der Waals surface area contributed by atoms with Gasteiger partial charge in [0.2, 0.25) is 0 Å². The van der Waals surface area contributed by atoms with Gasteiger partial charge in [-0.1, -0.05) is 28.1 Å². The summed E-state index contributed by atoms with van der Waals surface area (Å²) in [5, 5.41) is 3.85. The summed E-state index contributed by atoms with van der Waals surface area (Å²) in [7, 11) is 0. The van der Waals surface area contributed by atoms with Gasteiger partial charge in [-0.2, -0.15) is 0 Å². The zero-order valence-electron chi connectivity index (χ0n) is 17.1. The van der Waals surface area contributed by atoms with Crippen molar-refractivity contribution in [1.82, 2.24) is 10.3 Å². The number of aromatic nitrogens is 1. The molecule has 2 aromatic carbocycles. The van der Waals surface area contributed by atoms with E-state index in [1.165, 1.54) is 12.1 Å². The van der Waals surface area contributed by atoms with Crippen molar-refractivity contribution in [2.45, 2.75) is 38.1 Å². The molecule has 154 valence electrons. The number of aryl methyl sites for hydroxylation is 2. The predicted molar refractivity (Wildman–Crippen MR) is 121 cm³/mol. The van der Waals surface area contributed by atoms with E-state index in [9.17, 15) is 9.18 Å². The molecule has 5 heteroatoms. The zero-order valence-corrected chi connectivity index (χ0v) is 18.7. The molecule has 0 bridgehead atoms. The van der Waals surface area contributed by atoms with Crippen LogP contribution in [-0.2, 0) is 5.33 Å². The Labute approximate surface area is 184 Å². The van der Waals surface area contributed by atoms with E-state index in [0.717, 1.165) is 46.4 Å². The Morgan fingerprint density at radius 3 is 2.63 bits per heavy atom. The summed E-state index contributed by atoms with van der Waals surface area (Å²) in [5.41, 5.74) is 6.32. The summed E-state index contributed by atoms with van der Waals surface area (Å²) in [4.78, 5) is 17.7. The van der Waals surface area contributed by atoms with Gasteiger partial charge in [0.05, 0.1) is 11.7 Å². The molecule has 4 rings (SSSR count). The van der Waals surface area contributed by atoms with Crippen molar-refractivity contribution in [1.29, 1.82) is 0 Å². The van der Waals surface area contributed by atoms with E-state index in [1.54, 1.807) is 12.3 Å². The molecule has 0 spiro atoms. The van der Waals surface area contributed by atoms with E-state index in [2.05, 4.69) is 26.2 Å². The molecule has 0 aliphatic heterocycles. The molecule has 3 nitrogen and oxygen atoms in total. The van der Waals surface area contributed by atoms with Crippen molar-refractivity contribution in [3.63, 3.8) is 0 Å². The Balaban J connectivity index is 1.66. The van der Waals surface area contributed by atoms with Crippen molar-refractivity contribution in [2.75, 3.05) is 0 Å². The monoisotopic (exact) mass is 466 g/mol. The number of pyridine rings is 1. The molecule has 1 aromatic heterocycles. The first-order chi connectivity index (χ1) is 14.4. The minimum absolute atomic E-state index is 0.0824. The molecule has 3 aromatic rings. The van der Waals surface area contributed by atoms with Gasteiger partial charge in [-0.05, 0) is 96.8 Å². The van der Waals surface area contributed by atoms with Crippen molar-refractivity contribution in [3.8, 4) is 11.1 Å². The molecule has 0 radical (unpaired) electrons. The number of carbonyl (C=O) groups is 1. The van der Waals surface area contributed by atoms with E-state index in [4.69, 9.17) is 0 Å². The highest BCUT2D eigenvalue weighted by Crippen LogP contribution is 2.40. The number of nitrogens with one attached hydrogen (secondary N) is 1. The first-order valence-electron chi connectivity index (χ1n) is 10.1. The first kappa shape index (κ1) is 20.7. The summed E-state index contributed by atoms with van der Waals surface area (Å²) < 4.78 is 13.6. The molecular weight excluding hydrogens is 443 g/mol. The molecular formula is C25H24BrFN2O. The summed E-state index contributed by atoms with van der Waals surface area (Å²) in [5.74, 6) is 0.0595. The van der Waals surface area contributed by atoms with E-state index in [1.807, 2.05) is 44.2 Å². The maximum atomic E-state index is 13.6. The maximum Gasteiger partial charge on any atom is 0.251 e. The molecule has 1 amide bonds. The van der Waals surface area contributed by atoms with E-state index >= 15 is 0 Å². The van der Waals surface area contributed by atoms with E-state index in [-0.39, 0.29) is 17.8 Å². The second-order valence-electron chi connectivity index (χ2n) is 8.06. The summed E-state index contributed by atoms with van der Waals surface area (Å²) >= 11 is 3.50. The average molecular weight is 467 g/mol. The topological polar surface area (TPSA) is 42.0 Å². The molecule has 1 heterocycles. The van der Waals surface area contributed by atoms with Crippen LogP contribution in [0, 0.1) is 25.6 Å². The number of amides is 1. The van der Waals surface area contributed by atoms with Gasteiger partial charge in [-0.25, -0.2) is 4.39 Å². The molecule has 1 fully saturated rings. The third-order valence-electron chi connectivity index (χ3n) is 5.54. The SMILES string of the molecule is Cc1ccnc(C(NC(=O)c2cc(CBr)cc(-c3ccc(F)cc3C)c2)C2CC2)c1. The van der Waals surface area contributed by atoms with Gasteiger partial charge in [0.25, 0.3) is 5.91 Å². The molecule has 30 heavy (non-hydrogen) atoms. The largest absolute Gasteiger partial charge is 0.343 e. The summed E-state index contributed by atoms with van der Waals surface area (Å²) in [6.45, 7) is 3.92. The Hall–Kier alpha value is -2.53. The highest BCUT2D eigenvalue weighted by atomic mass is 79.9. The van der Waals surface area contributed by atoms with Crippen LogP contribution < -0.4 is 5.32 Å². The third kappa shape index (κ3) is 4.62. The lowest BCUT2D eigenvalue weighted by Gasteiger charge is -2.19. The Morgan fingerprint density at radius 2 is 1.97 bits per heavy atom. The number of benzene rings is 2. The van der Waals surface area contributed by atoms with Crippen LogP contribution in [0.15, 0.2) is 54.7 Å². The van der Waals surface area contributed by atoms with Gasteiger partial charge in [0.15, 0.2) is 0 Å². The molecule has 1 aliphatic carbocycles.